The Labute approximate surface area is 74.5 Å². The first-order chi connectivity index (χ1) is 6.25. The number of carbonyl (C=O) groups is 2. The zero-order valence-corrected chi connectivity index (χ0v) is 6.80. The lowest BCUT2D eigenvalue weighted by molar-refractivity contribution is -0.154. The van der Waals surface area contributed by atoms with Crippen LogP contribution in [0.4, 0.5) is 0 Å². The van der Waals surface area contributed by atoms with Gasteiger partial charge in [0.05, 0.1) is 18.1 Å². The van der Waals surface area contributed by atoms with Gasteiger partial charge < -0.3 is 9.47 Å². The average molecular weight is 180 g/mol. The van der Waals surface area contributed by atoms with E-state index in [1.807, 2.05) is 12.2 Å². The van der Waals surface area contributed by atoms with Gasteiger partial charge in [0.15, 0.2) is 0 Å². The molecule has 13 heavy (non-hydrogen) atoms. The standard InChI is InChI=1S/C9H8O4/c10-8-5-3-4-1-2-6(12-4)7(5)9(11)13-8/h1-2,4-7H,3H2/t4-,5-,6-,7+/m1/s1. The van der Waals surface area contributed by atoms with Crippen molar-refractivity contribution in [3.8, 4) is 0 Å². The lowest BCUT2D eigenvalue weighted by atomic mass is 9.86. The fourth-order valence-corrected chi connectivity index (χ4v) is 2.27. The first kappa shape index (κ1) is 7.26. The van der Waals surface area contributed by atoms with Crippen molar-refractivity contribution in [3.05, 3.63) is 12.2 Å². The molecule has 0 radical (unpaired) electrons. The summed E-state index contributed by atoms with van der Waals surface area (Å²) >= 11 is 0. The van der Waals surface area contributed by atoms with E-state index in [0.29, 0.717) is 6.42 Å². The second kappa shape index (κ2) is 2.20. The normalized spacial score (nSPS) is 46.5. The van der Waals surface area contributed by atoms with E-state index in [2.05, 4.69) is 4.74 Å². The van der Waals surface area contributed by atoms with Crippen molar-refractivity contribution in [3.63, 3.8) is 0 Å². The van der Waals surface area contributed by atoms with Gasteiger partial charge in [0, 0.05) is 0 Å². The molecule has 4 atom stereocenters. The fraction of sp³-hybridized carbons (Fsp3) is 0.556. The van der Waals surface area contributed by atoms with E-state index in [1.165, 1.54) is 0 Å². The van der Waals surface area contributed by atoms with Crippen LogP contribution in [0, 0.1) is 11.8 Å². The molecule has 2 saturated heterocycles. The SMILES string of the molecule is O=C1OC(=O)[C@@H]2C[C@H]3C=C[C@@H](O3)[C@@H]12. The van der Waals surface area contributed by atoms with Crippen molar-refractivity contribution in [1.82, 2.24) is 0 Å². The summed E-state index contributed by atoms with van der Waals surface area (Å²) in [5.74, 6) is -1.46. The minimum atomic E-state index is -0.426. The Morgan fingerprint density at radius 3 is 2.92 bits per heavy atom. The Bertz CT molecular complexity index is 320. The molecule has 3 rings (SSSR count). The molecule has 68 valence electrons. The van der Waals surface area contributed by atoms with Crippen molar-refractivity contribution in [2.75, 3.05) is 0 Å². The maximum Gasteiger partial charge on any atom is 0.320 e. The molecule has 2 bridgehead atoms. The minimum absolute atomic E-state index is 0.00435. The molecule has 0 unspecified atom stereocenters. The van der Waals surface area contributed by atoms with Gasteiger partial charge in [0.25, 0.3) is 0 Å². The van der Waals surface area contributed by atoms with Crippen LogP contribution in [0.2, 0.25) is 0 Å². The molecule has 0 N–H and O–H groups in total. The van der Waals surface area contributed by atoms with Gasteiger partial charge in [-0.1, -0.05) is 12.2 Å². The van der Waals surface area contributed by atoms with Crippen LogP contribution in [0.25, 0.3) is 0 Å². The van der Waals surface area contributed by atoms with Gasteiger partial charge in [-0.05, 0) is 6.42 Å². The molecule has 4 nitrogen and oxygen atoms in total. The molecular formula is C9H8O4. The quantitative estimate of drug-likeness (QED) is 0.300. The van der Waals surface area contributed by atoms with Gasteiger partial charge in [-0.3, -0.25) is 9.59 Å². The monoisotopic (exact) mass is 180 g/mol. The lowest BCUT2D eigenvalue weighted by Crippen LogP contribution is -2.37. The highest BCUT2D eigenvalue weighted by Crippen LogP contribution is 2.40. The van der Waals surface area contributed by atoms with Crippen LogP contribution in [-0.2, 0) is 19.1 Å². The van der Waals surface area contributed by atoms with Crippen LogP contribution in [-0.4, -0.2) is 24.1 Å². The second-order valence-electron chi connectivity index (χ2n) is 3.63. The van der Waals surface area contributed by atoms with Crippen molar-refractivity contribution >= 4 is 11.9 Å². The van der Waals surface area contributed by atoms with Crippen LogP contribution in [0.3, 0.4) is 0 Å². The van der Waals surface area contributed by atoms with E-state index >= 15 is 0 Å². The van der Waals surface area contributed by atoms with Gasteiger partial charge in [0.2, 0.25) is 0 Å². The highest BCUT2D eigenvalue weighted by atomic mass is 16.6. The van der Waals surface area contributed by atoms with E-state index in [4.69, 9.17) is 4.74 Å². The zero-order chi connectivity index (χ0) is 9.00. The number of carbonyl (C=O) groups excluding carboxylic acids is 2. The summed E-state index contributed by atoms with van der Waals surface area (Å²) in [7, 11) is 0. The summed E-state index contributed by atoms with van der Waals surface area (Å²) in [4.78, 5) is 22.5. The molecule has 0 aromatic rings. The van der Waals surface area contributed by atoms with Crippen LogP contribution in [0.15, 0.2) is 12.2 Å². The number of hydrogen-bond donors (Lipinski definition) is 0. The maximum absolute atomic E-state index is 11.2. The van der Waals surface area contributed by atoms with Crippen molar-refractivity contribution in [1.29, 1.82) is 0 Å². The first-order valence-electron chi connectivity index (χ1n) is 4.35. The minimum Gasteiger partial charge on any atom is -0.393 e. The Balaban J connectivity index is 2.00. The molecule has 2 fully saturated rings. The molecule has 0 saturated carbocycles. The van der Waals surface area contributed by atoms with Gasteiger partial charge in [-0.25, -0.2) is 0 Å². The van der Waals surface area contributed by atoms with Gasteiger partial charge in [-0.15, -0.1) is 0 Å². The predicted octanol–water partition coefficient (Wildman–Crippen LogP) is 0.0295. The first-order valence-corrected chi connectivity index (χ1v) is 4.35. The Morgan fingerprint density at radius 2 is 2.08 bits per heavy atom. The molecule has 0 aliphatic carbocycles. The van der Waals surface area contributed by atoms with E-state index in [9.17, 15) is 9.59 Å². The molecule has 0 aromatic carbocycles. The van der Waals surface area contributed by atoms with E-state index in [-0.39, 0.29) is 30.0 Å². The molecule has 0 amide bonds. The summed E-state index contributed by atoms with van der Waals surface area (Å²) in [6, 6.07) is 0. The predicted molar refractivity (Wildman–Crippen MR) is 40.5 cm³/mol. The highest BCUT2D eigenvalue weighted by Gasteiger charge is 2.53. The van der Waals surface area contributed by atoms with E-state index in [0.717, 1.165) is 0 Å². The van der Waals surface area contributed by atoms with Crippen molar-refractivity contribution in [2.24, 2.45) is 11.8 Å². The highest BCUT2D eigenvalue weighted by molar-refractivity contribution is 5.97. The summed E-state index contributed by atoms with van der Waals surface area (Å²) in [6.07, 6.45) is 4.13. The molecule has 0 aromatic heterocycles. The van der Waals surface area contributed by atoms with Gasteiger partial charge in [0.1, 0.15) is 5.92 Å². The number of ether oxygens (including phenoxy) is 2. The topological polar surface area (TPSA) is 52.6 Å². The van der Waals surface area contributed by atoms with E-state index in [1.54, 1.807) is 0 Å². The lowest BCUT2D eigenvalue weighted by Gasteiger charge is -2.27. The summed E-state index contributed by atoms with van der Waals surface area (Å²) in [6.45, 7) is 0. The summed E-state index contributed by atoms with van der Waals surface area (Å²) in [5, 5.41) is 0. The van der Waals surface area contributed by atoms with Crippen LogP contribution >= 0.6 is 0 Å². The summed E-state index contributed by atoms with van der Waals surface area (Å²) in [5.41, 5.74) is 0. The molecule has 3 aliphatic heterocycles. The van der Waals surface area contributed by atoms with Crippen LogP contribution in [0.5, 0.6) is 0 Å². The summed E-state index contributed by atoms with van der Waals surface area (Å²) < 4.78 is 10.0. The molecule has 3 aliphatic rings. The molecule has 4 heteroatoms. The van der Waals surface area contributed by atoms with Crippen LogP contribution in [0.1, 0.15) is 6.42 Å². The Morgan fingerprint density at radius 1 is 1.23 bits per heavy atom. The Hall–Kier alpha value is -1.16. The fourth-order valence-electron chi connectivity index (χ4n) is 2.27. The second-order valence-corrected chi connectivity index (χ2v) is 3.63. The molecular weight excluding hydrogens is 172 g/mol. The molecule has 3 heterocycles. The third-order valence-electron chi connectivity index (χ3n) is 2.90. The number of cyclic esters (lactones) is 2. The molecule has 0 spiro atoms. The largest absolute Gasteiger partial charge is 0.393 e. The third-order valence-corrected chi connectivity index (χ3v) is 2.90. The maximum atomic E-state index is 11.2. The zero-order valence-electron chi connectivity index (χ0n) is 6.80. The Kier molecular flexibility index (Phi) is 1.23. The number of hydrogen-bond acceptors (Lipinski definition) is 4. The third kappa shape index (κ3) is 0.836. The van der Waals surface area contributed by atoms with Crippen molar-refractivity contribution in [2.45, 2.75) is 18.6 Å². The van der Waals surface area contributed by atoms with Gasteiger partial charge >= 0.3 is 11.9 Å². The van der Waals surface area contributed by atoms with Crippen LogP contribution < -0.4 is 0 Å². The number of esters is 2. The van der Waals surface area contributed by atoms with Gasteiger partial charge in [-0.2, -0.15) is 0 Å². The number of rotatable bonds is 0. The number of fused-ring (bicyclic) bond motifs is 4. The smallest absolute Gasteiger partial charge is 0.320 e. The average Bonchev–Trinajstić information content (AvgIpc) is 2.58. The van der Waals surface area contributed by atoms with Crippen molar-refractivity contribution < 1.29 is 19.1 Å². The van der Waals surface area contributed by atoms with E-state index < -0.39 is 5.97 Å².